The van der Waals surface area contributed by atoms with E-state index >= 15 is 0 Å². The quantitative estimate of drug-likeness (QED) is 0.117. The molecule has 0 saturated carbocycles. The summed E-state index contributed by atoms with van der Waals surface area (Å²) in [4.78, 5) is 110. The molecule has 9 N–H and O–H groups in total. The number of carboxylic acid groups (broad SMARTS) is 4. The van der Waals surface area contributed by atoms with Crippen LogP contribution >= 0.6 is 0 Å². The molecule has 25 nitrogen and oxygen atoms in total. The largest absolute Gasteiger partial charge is 0.481 e. The molecule has 0 bridgehead atoms. The lowest BCUT2D eigenvalue weighted by Gasteiger charge is -2.23. The molecule has 0 aromatic carbocycles. The third-order valence-corrected chi connectivity index (χ3v) is 6.30. The minimum absolute atomic E-state index is 0.0420. The summed E-state index contributed by atoms with van der Waals surface area (Å²) in [5.74, 6) is -4.99. The Hall–Kier alpha value is -6.02. The molecule has 0 radical (unpaired) electrons. The number of aromatic amines is 2. The number of aliphatic hydroxyl groups excluding tert-OH is 3. The Balaban J connectivity index is 0.000000854. The molecule has 0 aliphatic carbocycles. The SMILES string of the molecule is CC(=O)O.CC(=O)O.CC(=O)O.CC(=O)O[C@@H]1[C@H](OC(C)=O)[C@@H](CCC(=O)O)O[C@H]1n1ccc(=O)[nH]c1=O.O=c1ccn([C@@H]2O[C@H](CO)[C@@H](O)[C@H]2O)c(=O)[nH]1. The Labute approximate surface area is 307 Å². The van der Waals surface area contributed by atoms with Gasteiger partial charge in [-0.1, -0.05) is 0 Å². The van der Waals surface area contributed by atoms with Gasteiger partial charge in [0.25, 0.3) is 29.0 Å². The number of aliphatic hydroxyl groups is 3. The van der Waals surface area contributed by atoms with Crippen molar-refractivity contribution in [3.05, 3.63) is 66.2 Å². The number of esters is 2. The standard InChI is InChI=1S/C15H18N2O9.C9H12N2O6.3C2H4O2/c1-7(18)24-12-9(3-4-11(21)22)26-14(13(12)25-8(2)19)17-6-5-10(20)16-15(17)23;12-3-4-6(14)7(15)8(17-4)11-2-1-5(13)10-9(11)16;3*1-2(3)4/h5-6,9,12-14H,3-4H2,1-2H3,(H,21,22)(H,16,20,23);1-2,4,6-8,12,14-15H,3H2,(H,10,13,16);3*1H3,(H,3,4)/t9-,12-,13-,14-;4-,6-,7-,8-;;;/m11.../s1. The van der Waals surface area contributed by atoms with Crippen LogP contribution in [-0.4, -0.2) is 134 Å². The zero-order chi connectivity index (χ0) is 42.7. The zero-order valence-corrected chi connectivity index (χ0v) is 29.8. The lowest BCUT2D eigenvalue weighted by atomic mass is 10.1. The lowest BCUT2D eigenvalue weighted by molar-refractivity contribution is -0.165. The monoisotopic (exact) mass is 794 g/mol. The molecule has 25 heteroatoms. The number of nitrogens with one attached hydrogen (secondary N) is 2. The van der Waals surface area contributed by atoms with Crippen LogP contribution in [-0.2, 0) is 47.7 Å². The molecule has 2 aliphatic heterocycles. The van der Waals surface area contributed by atoms with Gasteiger partial charge in [0.1, 0.15) is 24.4 Å². The van der Waals surface area contributed by atoms with Crippen LogP contribution in [0.2, 0.25) is 0 Å². The smallest absolute Gasteiger partial charge is 0.330 e. The fourth-order valence-electron chi connectivity index (χ4n) is 4.45. The number of aliphatic carboxylic acids is 4. The van der Waals surface area contributed by atoms with Crippen LogP contribution in [0, 0.1) is 0 Å². The van der Waals surface area contributed by atoms with Gasteiger partial charge in [-0.25, -0.2) is 9.59 Å². The van der Waals surface area contributed by atoms with Crippen molar-refractivity contribution in [1.29, 1.82) is 0 Å². The van der Waals surface area contributed by atoms with Gasteiger partial charge in [0.15, 0.2) is 24.7 Å². The number of H-pyrrole nitrogens is 2. The van der Waals surface area contributed by atoms with E-state index in [9.17, 15) is 43.8 Å². The molecule has 8 atom stereocenters. The first-order valence-corrected chi connectivity index (χ1v) is 15.5. The minimum atomic E-state index is -1.35. The second kappa shape index (κ2) is 23.6. The highest BCUT2D eigenvalue weighted by molar-refractivity contribution is 5.68. The predicted molar refractivity (Wildman–Crippen MR) is 177 cm³/mol. The normalized spacial score (nSPS) is 23.3. The van der Waals surface area contributed by atoms with Gasteiger partial charge in [-0.05, 0) is 6.42 Å². The van der Waals surface area contributed by atoms with Crippen molar-refractivity contribution in [3.8, 4) is 0 Å². The number of rotatable bonds is 8. The van der Waals surface area contributed by atoms with E-state index in [1.807, 2.05) is 9.97 Å². The number of carboxylic acids is 4. The van der Waals surface area contributed by atoms with E-state index in [-0.39, 0.29) is 12.8 Å². The van der Waals surface area contributed by atoms with Crippen LogP contribution in [0.3, 0.4) is 0 Å². The molecule has 0 spiro atoms. The molecule has 2 aliphatic rings. The Bertz CT molecular complexity index is 1810. The number of hydrogen-bond donors (Lipinski definition) is 9. The Morgan fingerprint density at radius 1 is 0.655 bits per heavy atom. The van der Waals surface area contributed by atoms with Gasteiger partial charge in [-0.15, -0.1) is 0 Å². The minimum Gasteiger partial charge on any atom is -0.481 e. The summed E-state index contributed by atoms with van der Waals surface area (Å²) >= 11 is 0. The van der Waals surface area contributed by atoms with E-state index in [1.165, 1.54) is 0 Å². The molecule has 2 aromatic rings. The maximum atomic E-state index is 12.0. The zero-order valence-electron chi connectivity index (χ0n) is 29.8. The molecule has 2 fully saturated rings. The average molecular weight is 795 g/mol. The summed E-state index contributed by atoms with van der Waals surface area (Å²) in [6.45, 7) is 5.04. The highest BCUT2D eigenvalue weighted by Gasteiger charge is 2.50. The van der Waals surface area contributed by atoms with Crippen LogP contribution < -0.4 is 22.5 Å². The number of ether oxygens (including phenoxy) is 4. The average Bonchev–Trinajstić information content (AvgIpc) is 3.50. The molecule has 55 heavy (non-hydrogen) atoms. The summed E-state index contributed by atoms with van der Waals surface area (Å²) < 4.78 is 23.1. The number of aromatic nitrogens is 4. The molecule has 2 saturated heterocycles. The molecule has 2 aromatic heterocycles. The van der Waals surface area contributed by atoms with E-state index in [0.717, 1.165) is 68.3 Å². The maximum absolute atomic E-state index is 12.0. The Kier molecular flexibility index (Phi) is 21.0. The predicted octanol–water partition coefficient (Wildman–Crippen LogP) is -3.42. The molecule has 0 unspecified atom stereocenters. The maximum Gasteiger partial charge on any atom is 0.330 e. The van der Waals surface area contributed by atoms with Gasteiger partial charge in [0, 0.05) is 65.6 Å². The highest BCUT2D eigenvalue weighted by atomic mass is 16.6. The first-order chi connectivity index (χ1) is 25.4. The topological polar surface area (TPSA) is 391 Å². The van der Waals surface area contributed by atoms with Crippen molar-refractivity contribution in [2.75, 3.05) is 6.61 Å². The molecule has 0 amide bonds. The fourth-order valence-corrected chi connectivity index (χ4v) is 4.45. The molecule has 308 valence electrons. The van der Waals surface area contributed by atoms with Crippen molar-refractivity contribution in [2.45, 2.75) is 96.5 Å². The Morgan fingerprint density at radius 2 is 1.04 bits per heavy atom. The van der Waals surface area contributed by atoms with Gasteiger partial charge in [-0.2, -0.15) is 0 Å². The number of carbonyl (C=O) groups is 6. The second-order valence-corrected chi connectivity index (χ2v) is 11.0. The van der Waals surface area contributed by atoms with Gasteiger partial charge in [0.2, 0.25) is 0 Å². The van der Waals surface area contributed by atoms with Gasteiger partial charge in [0.05, 0.1) is 6.61 Å². The van der Waals surface area contributed by atoms with Crippen molar-refractivity contribution in [1.82, 2.24) is 19.1 Å². The number of hydrogen-bond acceptors (Lipinski definition) is 17. The summed E-state index contributed by atoms with van der Waals surface area (Å²) in [5.41, 5.74) is -2.78. The van der Waals surface area contributed by atoms with Crippen LogP contribution in [0.1, 0.15) is 59.9 Å². The van der Waals surface area contributed by atoms with E-state index in [2.05, 4.69) is 0 Å². The molecule has 4 rings (SSSR count). The summed E-state index contributed by atoms with van der Waals surface area (Å²) in [7, 11) is 0. The van der Waals surface area contributed by atoms with Gasteiger partial charge >= 0.3 is 29.3 Å². The van der Waals surface area contributed by atoms with Crippen LogP contribution in [0.5, 0.6) is 0 Å². The first-order valence-electron chi connectivity index (χ1n) is 15.5. The van der Waals surface area contributed by atoms with Crippen molar-refractivity contribution >= 4 is 35.8 Å². The second-order valence-electron chi connectivity index (χ2n) is 11.0. The van der Waals surface area contributed by atoms with Crippen LogP contribution in [0.25, 0.3) is 0 Å². The fraction of sp³-hybridized carbons (Fsp3) is 0.533. The highest BCUT2D eigenvalue weighted by Crippen LogP contribution is 2.35. The first kappa shape index (κ1) is 49.0. The third kappa shape index (κ3) is 18.0. The number of carbonyl (C=O) groups excluding carboxylic acids is 2. The van der Waals surface area contributed by atoms with Crippen LogP contribution in [0.15, 0.2) is 43.7 Å². The van der Waals surface area contributed by atoms with Crippen LogP contribution in [0.4, 0.5) is 0 Å². The molecular formula is C30H42N4O21. The van der Waals surface area contributed by atoms with Crippen molar-refractivity contribution in [3.63, 3.8) is 0 Å². The third-order valence-electron chi connectivity index (χ3n) is 6.30. The van der Waals surface area contributed by atoms with Gasteiger partial charge < -0.3 is 54.7 Å². The van der Waals surface area contributed by atoms with E-state index in [4.69, 9.17) is 58.9 Å². The molecular weight excluding hydrogens is 752 g/mol. The van der Waals surface area contributed by atoms with Gasteiger partial charge in [-0.3, -0.25) is 57.5 Å². The van der Waals surface area contributed by atoms with E-state index < -0.39 is 114 Å². The van der Waals surface area contributed by atoms with E-state index in [0.29, 0.717) is 0 Å². The summed E-state index contributed by atoms with van der Waals surface area (Å²) in [6.07, 6.45) is -7.20. The molecule has 4 heterocycles. The summed E-state index contributed by atoms with van der Waals surface area (Å²) in [5, 5.41) is 59.2. The van der Waals surface area contributed by atoms with E-state index in [1.54, 1.807) is 0 Å². The van der Waals surface area contributed by atoms with Crippen molar-refractivity contribution in [2.24, 2.45) is 0 Å². The summed E-state index contributed by atoms with van der Waals surface area (Å²) in [6, 6.07) is 2.16. The lowest BCUT2D eigenvalue weighted by Crippen LogP contribution is -2.41. The van der Waals surface area contributed by atoms with Crippen molar-refractivity contribution < 1.29 is 83.5 Å². The number of nitrogens with zero attached hydrogens (tertiary/aromatic N) is 2. The Morgan fingerprint density at radius 3 is 1.38 bits per heavy atom.